The molecule has 0 spiro atoms. The van der Waals surface area contributed by atoms with Crippen LogP contribution < -0.4 is 20.3 Å². The summed E-state index contributed by atoms with van der Waals surface area (Å²) in [7, 11) is 0. The molecule has 6 heteroatoms. The molecule has 3 aromatic rings. The number of piperidine rings is 1. The third kappa shape index (κ3) is 5.69. The molecule has 0 amide bonds. The fourth-order valence-electron chi connectivity index (χ4n) is 3.87. The first-order chi connectivity index (χ1) is 15.5. The van der Waals surface area contributed by atoms with Gasteiger partial charge in [-0.3, -0.25) is 0 Å². The number of benzene rings is 2. The van der Waals surface area contributed by atoms with Crippen molar-refractivity contribution >= 4 is 29.0 Å². The highest BCUT2D eigenvalue weighted by Crippen LogP contribution is 2.27. The molecular weight excluding hydrogens is 398 g/mol. The Morgan fingerprint density at radius 2 is 1.62 bits per heavy atom. The van der Waals surface area contributed by atoms with Crippen LogP contribution in [0.25, 0.3) is 0 Å². The van der Waals surface area contributed by atoms with Gasteiger partial charge in [0, 0.05) is 30.5 Å². The maximum Gasteiger partial charge on any atom is 0.231 e. The second kappa shape index (κ2) is 9.90. The zero-order chi connectivity index (χ0) is 22.5. The second-order valence-corrected chi connectivity index (χ2v) is 8.74. The number of anilines is 5. The summed E-state index contributed by atoms with van der Waals surface area (Å²) in [6.07, 6.45) is 3.83. The van der Waals surface area contributed by atoms with Crippen LogP contribution >= 0.6 is 0 Å². The molecular formula is C26H33N5O. The lowest BCUT2D eigenvalue weighted by molar-refractivity contribution is 0.242. The van der Waals surface area contributed by atoms with E-state index in [9.17, 15) is 0 Å². The van der Waals surface area contributed by atoms with Gasteiger partial charge >= 0.3 is 0 Å². The largest absolute Gasteiger partial charge is 0.491 e. The van der Waals surface area contributed by atoms with Gasteiger partial charge in [0.05, 0.1) is 6.10 Å². The Morgan fingerprint density at radius 3 is 2.34 bits per heavy atom. The van der Waals surface area contributed by atoms with Crippen molar-refractivity contribution in [2.75, 3.05) is 28.6 Å². The molecule has 0 radical (unpaired) electrons. The van der Waals surface area contributed by atoms with Gasteiger partial charge in [-0.1, -0.05) is 12.1 Å². The van der Waals surface area contributed by atoms with Crippen molar-refractivity contribution in [3.8, 4) is 5.75 Å². The molecule has 2 heterocycles. The average molecular weight is 432 g/mol. The van der Waals surface area contributed by atoms with Crippen molar-refractivity contribution < 1.29 is 4.74 Å². The van der Waals surface area contributed by atoms with Gasteiger partial charge in [-0.05, 0) is 88.4 Å². The third-order valence-electron chi connectivity index (χ3n) is 5.53. The highest BCUT2D eigenvalue weighted by molar-refractivity contribution is 5.66. The van der Waals surface area contributed by atoms with E-state index >= 15 is 0 Å². The number of hydrogen-bond acceptors (Lipinski definition) is 6. The lowest BCUT2D eigenvalue weighted by Crippen LogP contribution is -2.30. The van der Waals surface area contributed by atoms with Gasteiger partial charge in [0.15, 0.2) is 0 Å². The zero-order valence-electron chi connectivity index (χ0n) is 19.5. The molecule has 1 fully saturated rings. The second-order valence-electron chi connectivity index (χ2n) is 8.74. The Labute approximate surface area is 191 Å². The van der Waals surface area contributed by atoms with E-state index in [2.05, 4.69) is 53.6 Å². The zero-order valence-corrected chi connectivity index (χ0v) is 19.5. The number of rotatable bonds is 7. The molecule has 1 aliphatic heterocycles. The summed E-state index contributed by atoms with van der Waals surface area (Å²) >= 11 is 0. The summed E-state index contributed by atoms with van der Waals surface area (Å²) in [5.74, 6) is 3.18. The summed E-state index contributed by atoms with van der Waals surface area (Å²) in [6, 6.07) is 16.4. The smallest absolute Gasteiger partial charge is 0.231 e. The molecule has 0 bridgehead atoms. The molecule has 168 valence electrons. The highest BCUT2D eigenvalue weighted by atomic mass is 16.5. The maximum atomic E-state index is 5.75. The minimum atomic E-state index is 0.150. The van der Waals surface area contributed by atoms with E-state index in [-0.39, 0.29) is 6.10 Å². The van der Waals surface area contributed by atoms with Crippen LogP contribution in [0, 0.1) is 13.8 Å². The predicted molar refractivity (Wildman–Crippen MR) is 133 cm³/mol. The summed E-state index contributed by atoms with van der Waals surface area (Å²) in [5.41, 5.74) is 4.39. The van der Waals surface area contributed by atoms with Crippen LogP contribution in [0.2, 0.25) is 0 Å². The van der Waals surface area contributed by atoms with E-state index in [1.165, 1.54) is 30.4 Å². The molecule has 4 rings (SSSR count). The lowest BCUT2D eigenvalue weighted by atomic mass is 10.1. The molecule has 0 atom stereocenters. The van der Waals surface area contributed by atoms with Crippen LogP contribution in [0.5, 0.6) is 5.75 Å². The molecule has 0 saturated carbocycles. The number of hydrogen-bond donors (Lipinski definition) is 2. The standard InChI is InChI=1S/C26H33N5O/c1-18(2)32-22-12-10-21(11-13-22)27-26-29-24(28-23-16-19(3)8-9-20(23)4)17-25(30-26)31-14-6-5-7-15-31/h8-13,16-18H,5-7,14-15H2,1-4H3,(H2,27,28,29,30). The quantitative estimate of drug-likeness (QED) is 0.454. The normalized spacial score (nSPS) is 13.8. The van der Waals surface area contributed by atoms with Crippen LogP contribution in [-0.4, -0.2) is 29.2 Å². The van der Waals surface area contributed by atoms with Crippen molar-refractivity contribution in [3.63, 3.8) is 0 Å². The molecule has 1 aliphatic rings. The Kier molecular flexibility index (Phi) is 6.78. The van der Waals surface area contributed by atoms with Gasteiger partial charge in [-0.2, -0.15) is 9.97 Å². The van der Waals surface area contributed by atoms with Crippen molar-refractivity contribution in [3.05, 3.63) is 59.7 Å². The van der Waals surface area contributed by atoms with E-state index < -0.39 is 0 Å². The molecule has 1 aromatic heterocycles. The van der Waals surface area contributed by atoms with Gasteiger partial charge in [0.2, 0.25) is 5.95 Å². The van der Waals surface area contributed by atoms with Crippen molar-refractivity contribution in [2.45, 2.75) is 53.1 Å². The minimum Gasteiger partial charge on any atom is -0.491 e. The third-order valence-corrected chi connectivity index (χ3v) is 5.53. The van der Waals surface area contributed by atoms with Crippen molar-refractivity contribution in [1.82, 2.24) is 9.97 Å². The maximum absolute atomic E-state index is 5.75. The lowest BCUT2D eigenvalue weighted by Gasteiger charge is -2.28. The topological polar surface area (TPSA) is 62.3 Å². The molecule has 1 saturated heterocycles. The van der Waals surface area contributed by atoms with Crippen LogP contribution in [0.4, 0.5) is 29.0 Å². The summed E-state index contributed by atoms with van der Waals surface area (Å²) in [5, 5.41) is 6.88. The van der Waals surface area contributed by atoms with Gasteiger partial charge < -0.3 is 20.3 Å². The molecule has 32 heavy (non-hydrogen) atoms. The number of ether oxygens (including phenoxy) is 1. The number of aromatic nitrogens is 2. The molecule has 0 unspecified atom stereocenters. The first-order valence-electron chi connectivity index (χ1n) is 11.5. The molecule has 6 nitrogen and oxygen atoms in total. The van der Waals surface area contributed by atoms with E-state index in [0.29, 0.717) is 5.95 Å². The molecule has 2 N–H and O–H groups in total. The Bertz CT molecular complexity index is 1040. The first-order valence-corrected chi connectivity index (χ1v) is 11.5. The number of nitrogens with zero attached hydrogens (tertiary/aromatic N) is 3. The van der Waals surface area contributed by atoms with Crippen LogP contribution in [0.3, 0.4) is 0 Å². The van der Waals surface area contributed by atoms with Crippen LogP contribution in [0.1, 0.15) is 44.2 Å². The van der Waals surface area contributed by atoms with Gasteiger partial charge in [0.25, 0.3) is 0 Å². The monoisotopic (exact) mass is 431 g/mol. The number of aryl methyl sites for hydroxylation is 2. The summed E-state index contributed by atoms with van der Waals surface area (Å²) in [4.78, 5) is 12.0. The molecule has 0 aliphatic carbocycles. The fourth-order valence-corrected chi connectivity index (χ4v) is 3.87. The van der Waals surface area contributed by atoms with Crippen molar-refractivity contribution in [1.29, 1.82) is 0 Å². The predicted octanol–water partition coefficient (Wildman–Crippen LogP) is 6.36. The SMILES string of the molecule is Cc1ccc(C)c(Nc2cc(N3CCCCC3)nc(Nc3ccc(OC(C)C)cc3)n2)c1. The number of nitrogens with one attached hydrogen (secondary N) is 2. The summed E-state index contributed by atoms with van der Waals surface area (Å²) in [6.45, 7) is 10.3. The Balaban J connectivity index is 1.61. The fraction of sp³-hybridized carbons (Fsp3) is 0.385. The highest BCUT2D eigenvalue weighted by Gasteiger charge is 2.15. The van der Waals surface area contributed by atoms with Crippen LogP contribution in [0.15, 0.2) is 48.5 Å². The Hall–Kier alpha value is -3.28. The van der Waals surface area contributed by atoms with Crippen molar-refractivity contribution in [2.24, 2.45) is 0 Å². The Morgan fingerprint density at radius 1 is 0.875 bits per heavy atom. The van der Waals surface area contributed by atoms with E-state index in [1.807, 2.05) is 38.1 Å². The summed E-state index contributed by atoms with van der Waals surface area (Å²) < 4.78 is 5.75. The minimum absolute atomic E-state index is 0.150. The first kappa shape index (κ1) is 21.9. The van der Waals surface area contributed by atoms with Gasteiger partial charge in [0.1, 0.15) is 17.4 Å². The molecule has 2 aromatic carbocycles. The van der Waals surface area contributed by atoms with Gasteiger partial charge in [-0.25, -0.2) is 0 Å². The van der Waals surface area contributed by atoms with E-state index in [0.717, 1.165) is 41.8 Å². The van der Waals surface area contributed by atoms with E-state index in [4.69, 9.17) is 14.7 Å². The van der Waals surface area contributed by atoms with Crippen LogP contribution in [-0.2, 0) is 0 Å². The average Bonchev–Trinajstić information content (AvgIpc) is 2.78. The van der Waals surface area contributed by atoms with E-state index in [1.54, 1.807) is 0 Å². The van der Waals surface area contributed by atoms with Gasteiger partial charge in [-0.15, -0.1) is 0 Å².